The Hall–Kier alpha value is -1.31. The quantitative estimate of drug-likeness (QED) is 0.692. The minimum Gasteiger partial charge on any atom is -0.483 e. The summed E-state index contributed by atoms with van der Waals surface area (Å²) < 4.78 is 5.54. The number of hydrogen-bond donors (Lipinski definition) is 0. The predicted molar refractivity (Wildman–Crippen MR) is 61.3 cm³/mol. The summed E-state index contributed by atoms with van der Waals surface area (Å²) in [6.45, 7) is 6.21. The highest BCUT2D eigenvalue weighted by atomic mass is 16.5. The number of carbonyl (C=O) groups is 1. The molecule has 0 N–H and O–H groups in total. The van der Waals surface area contributed by atoms with Crippen LogP contribution < -0.4 is 4.74 Å². The average Bonchev–Trinajstić information content (AvgIpc) is 2.26. The summed E-state index contributed by atoms with van der Waals surface area (Å²) in [6, 6.07) is 7.91. The van der Waals surface area contributed by atoms with Gasteiger partial charge in [-0.05, 0) is 30.0 Å². The highest BCUT2D eigenvalue weighted by Gasteiger charge is 2.07. The van der Waals surface area contributed by atoms with Gasteiger partial charge in [0.1, 0.15) is 5.75 Å². The first kappa shape index (κ1) is 11.8. The molecule has 0 aromatic heterocycles. The maximum Gasteiger partial charge on any atom is 0.160 e. The van der Waals surface area contributed by atoms with E-state index in [2.05, 4.69) is 19.9 Å². The van der Waals surface area contributed by atoms with Crippen LogP contribution in [0.3, 0.4) is 0 Å². The molecule has 82 valence electrons. The van der Waals surface area contributed by atoms with Crippen molar-refractivity contribution in [1.29, 1.82) is 0 Å². The van der Waals surface area contributed by atoms with Gasteiger partial charge in [-0.3, -0.25) is 4.79 Å². The second-order valence-corrected chi connectivity index (χ2v) is 3.93. The van der Waals surface area contributed by atoms with E-state index in [0.717, 1.165) is 12.0 Å². The number of aldehydes is 1. The molecule has 0 bridgehead atoms. The number of ether oxygens (including phenoxy) is 1. The van der Waals surface area contributed by atoms with Gasteiger partial charge in [0.15, 0.2) is 12.4 Å². The highest BCUT2D eigenvalue weighted by Crippen LogP contribution is 2.21. The molecule has 1 unspecified atom stereocenters. The summed E-state index contributed by atoms with van der Waals surface area (Å²) in [5.41, 5.74) is 1.23. The number of hydrogen-bond acceptors (Lipinski definition) is 2. The lowest BCUT2D eigenvalue weighted by atomic mass is 10.0. The van der Waals surface area contributed by atoms with Gasteiger partial charge in [-0.25, -0.2) is 0 Å². The third-order valence-electron chi connectivity index (χ3n) is 2.37. The van der Waals surface area contributed by atoms with Gasteiger partial charge in [0.2, 0.25) is 0 Å². The fourth-order valence-corrected chi connectivity index (χ4v) is 1.33. The minimum absolute atomic E-state index is 0.326. The molecule has 0 spiro atoms. The Kier molecular flexibility index (Phi) is 4.35. The zero-order valence-electron chi connectivity index (χ0n) is 9.57. The Balaban J connectivity index is 2.77. The Morgan fingerprint density at radius 3 is 2.67 bits per heavy atom. The SMILES string of the molecule is CCC(C=O)Oc1cccc(C(C)C)c1. The molecule has 2 nitrogen and oxygen atoms in total. The molecule has 0 aliphatic heterocycles. The molecule has 1 aromatic rings. The van der Waals surface area contributed by atoms with Crippen molar-refractivity contribution < 1.29 is 9.53 Å². The van der Waals surface area contributed by atoms with Crippen LogP contribution in [0.15, 0.2) is 24.3 Å². The first-order valence-electron chi connectivity index (χ1n) is 5.39. The number of rotatable bonds is 5. The van der Waals surface area contributed by atoms with Crippen molar-refractivity contribution in [3.8, 4) is 5.75 Å². The largest absolute Gasteiger partial charge is 0.483 e. The van der Waals surface area contributed by atoms with Gasteiger partial charge in [0.05, 0.1) is 0 Å². The molecule has 2 heteroatoms. The summed E-state index contributed by atoms with van der Waals surface area (Å²) in [5, 5.41) is 0. The van der Waals surface area contributed by atoms with Crippen LogP contribution in [-0.4, -0.2) is 12.4 Å². The van der Waals surface area contributed by atoms with E-state index in [-0.39, 0.29) is 6.10 Å². The maximum absolute atomic E-state index is 10.6. The van der Waals surface area contributed by atoms with Gasteiger partial charge in [0, 0.05) is 0 Å². The van der Waals surface area contributed by atoms with Crippen molar-refractivity contribution in [2.75, 3.05) is 0 Å². The Morgan fingerprint density at radius 2 is 2.13 bits per heavy atom. The van der Waals surface area contributed by atoms with Crippen molar-refractivity contribution in [1.82, 2.24) is 0 Å². The van der Waals surface area contributed by atoms with E-state index in [1.165, 1.54) is 5.56 Å². The van der Waals surface area contributed by atoms with Crippen LogP contribution >= 0.6 is 0 Å². The Morgan fingerprint density at radius 1 is 1.40 bits per heavy atom. The summed E-state index contributed by atoms with van der Waals surface area (Å²) in [5.74, 6) is 1.25. The van der Waals surface area contributed by atoms with Gasteiger partial charge in [-0.1, -0.05) is 32.9 Å². The lowest BCUT2D eigenvalue weighted by Gasteiger charge is -2.13. The second kappa shape index (κ2) is 5.54. The van der Waals surface area contributed by atoms with Gasteiger partial charge in [-0.15, -0.1) is 0 Å². The Bertz CT molecular complexity index is 318. The highest BCUT2D eigenvalue weighted by molar-refractivity contribution is 5.56. The Labute approximate surface area is 91.3 Å². The van der Waals surface area contributed by atoms with Gasteiger partial charge < -0.3 is 4.74 Å². The normalized spacial score (nSPS) is 12.5. The monoisotopic (exact) mass is 206 g/mol. The lowest BCUT2D eigenvalue weighted by molar-refractivity contribution is -0.113. The van der Waals surface area contributed by atoms with Crippen LogP contribution in [0.5, 0.6) is 5.75 Å². The molecule has 1 rings (SSSR count). The smallest absolute Gasteiger partial charge is 0.160 e. The van der Waals surface area contributed by atoms with E-state index in [1.807, 2.05) is 25.1 Å². The van der Waals surface area contributed by atoms with Gasteiger partial charge in [-0.2, -0.15) is 0 Å². The topological polar surface area (TPSA) is 26.3 Å². The zero-order chi connectivity index (χ0) is 11.3. The van der Waals surface area contributed by atoms with E-state index in [9.17, 15) is 4.79 Å². The molecule has 0 aliphatic carbocycles. The van der Waals surface area contributed by atoms with Crippen LogP contribution in [0, 0.1) is 0 Å². The molecule has 1 atom stereocenters. The van der Waals surface area contributed by atoms with E-state index in [1.54, 1.807) is 0 Å². The fraction of sp³-hybridized carbons (Fsp3) is 0.462. The zero-order valence-corrected chi connectivity index (χ0v) is 9.57. The molecule has 1 aromatic carbocycles. The molecular weight excluding hydrogens is 188 g/mol. The number of benzene rings is 1. The third kappa shape index (κ3) is 3.39. The molecule has 0 heterocycles. The van der Waals surface area contributed by atoms with E-state index in [4.69, 9.17) is 4.74 Å². The second-order valence-electron chi connectivity index (χ2n) is 3.93. The van der Waals surface area contributed by atoms with Crippen LogP contribution in [-0.2, 0) is 4.79 Å². The van der Waals surface area contributed by atoms with Crippen molar-refractivity contribution in [2.24, 2.45) is 0 Å². The fourth-order valence-electron chi connectivity index (χ4n) is 1.33. The van der Waals surface area contributed by atoms with Crippen LogP contribution in [0.1, 0.15) is 38.7 Å². The van der Waals surface area contributed by atoms with E-state index < -0.39 is 0 Å². The summed E-state index contributed by atoms with van der Waals surface area (Å²) >= 11 is 0. The van der Waals surface area contributed by atoms with Gasteiger partial charge >= 0.3 is 0 Å². The van der Waals surface area contributed by atoms with E-state index >= 15 is 0 Å². The molecular formula is C13H18O2. The summed E-state index contributed by atoms with van der Waals surface area (Å²) in [6.07, 6.45) is 1.23. The van der Waals surface area contributed by atoms with Crippen LogP contribution in [0.25, 0.3) is 0 Å². The molecule has 15 heavy (non-hydrogen) atoms. The van der Waals surface area contributed by atoms with Gasteiger partial charge in [0.25, 0.3) is 0 Å². The average molecular weight is 206 g/mol. The van der Waals surface area contributed by atoms with Crippen LogP contribution in [0.2, 0.25) is 0 Å². The third-order valence-corrected chi connectivity index (χ3v) is 2.37. The minimum atomic E-state index is -0.326. The predicted octanol–water partition coefficient (Wildman–Crippen LogP) is 3.17. The molecule has 0 aliphatic rings. The first-order chi connectivity index (χ1) is 7.17. The van der Waals surface area contributed by atoms with Crippen molar-refractivity contribution >= 4 is 6.29 Å². The van der Waals surface area contributed by atoms with Crippen LogP contribution in [0.4, 0.5) is 0 Å². The molecule has 0 saturated carbocycles. The maximum atomic E-state index is 10.6. The first-order valence-corrected chi connectivity index (χ1v) is 5.39. The standard InChI is InChI=1S/C13H18O2/c1-4-12(9-14)15-13-7-5-6-11(8-13)10(2)3/h5-10,12H,4H2,1-3H3. The van der Waals surface area contributed by atoms with Crippen molar-refractivity contribution in [2.45, 2.75) is 39.2 Å². The lowest BCUT2D eigenvalue weighted by Crippen LogP contribution is -2.16. The summed E-state index contributed by atoms with van der Waals surface area (Å²) in [7, 11) is 0. The molecule has 0 radical (unpaired) electrons. The van der Waals surface area contributed by atoms with E-state index in [0.29, 0.717) is 12.3 Å². The van der Waals surface area contributed by atoms with Crippen molar-refractivity contribution in [3.63, 3.8) is 0 Å². The summed E-state index contributed by atoms with van der Waals surface area (Å²) in [4.78, 5) is 10.6. The number of carbonyl (C=O) groups excluding carboxylic acids is 1. The van der Waals surface area contributed by atoms with Crippen molar-refractivity contribution in [3.05, 3.63) is 29.8 Å². The molecule has 0 amide bonds. The molecule has 0 fully saturated rings. The molecule has 0 saturated heterocycles.